The smallest absolute Gasteiger partial charge is 0.255 e. The molecule has 7 nitrogen and oxygen atoms in total. The minimum absolute atomic E-state index is 0.104. The fourth-order valence-electron chi connectivity index (χ4n) is 2.34. The number of rotatable bonds is 8. The molecule has 0 fully saturated rings. The van der Waals surface area contributed by atoms with Crippen molar-refractivity contribution in [2.24, 2.45) is 0 Å². The maximum atomic E-state index is 12.6. The summed E-state index contributed by atoms with van der Waals surface area (Å²) in [6.07, 6.45) is 0. The molecule has 0 radical (unpaired) electrons. The van der Waals surface area contributed by atoms with E-state index in [0.717, 1.165) is 4.31 Å². The van der Waals surface area contributed by atoms with Crippen LogP contribution in [0.3, 0.4) is 0 Å². The Morgan fingerprint density at radius 1 is 1.00 bits per heavy atom. The predicted octanol–water partition coefficient (Wildman–Crippen LogP) is 2.99. The van der Waals surface area contributed by atoms with E-state index in [0.29, 0.717) is 36.0 Å². The first-order valence-corrected chi connectivity index (χ1v) is 9.97. The van der Waals surface area contributed by atoms with Crippen LogP contribution in [0.25, 0.3) is 0 Å². The quantitative estimate of drug-likeness (QED) is 0.746. The van der Waals surface area contributed by atoms with Gasteiger partial charge in [-0.15, -0.1) is 0 Å². The van der Waals surface area contributed by atoms with E-state index in [-0.39, 0.29) is 10.8 Å². The van der Waals surface area contributed by atoms with Crippen molar-refractivity contribution < 1.29 is 22.7 Å². The third-order valence-corrected chi connectivity index (χ3v) is 5.49. The van der Waals surface area contributed by atoms with Crippen LogP contribution in [-0.4, -0.2) is 45.9 Å². The van der Waals surface area contributed by atoms with Crippen molar-refractivity contribution in [2.75, 3.05) is 32.6 Å². The zero-order valence-electron chi connectivity index (χ0n) is 15.9. The molecule has 0 aliphatic rings. The lowest BCUT2D eigenvalue weighted by Crippen LogP contribution is -2.22. The maximum absolute atomic E-state index is 12.6. The molecule has 1 N–H and O–H groups in total. The summed E-state index contributed by atoms with van der Waals surface area (Å²) in [5.41, 5.74) is 0.762. The number of nitrogens with zero attached hydrogens (tertiary/aromatic N) is 1. The van der Waals surface area contributed by atoms with Gasteiger partial charge in [0.15, 0.2) is 11.5 Å². The fourth-order valence-corrected chi connectivity index (χ4v) is 3.29. The SMILES string of the molecule is CCOc1ccc(C(=O)Nc2cccc(S(=O)(=O)N(C)C)c2)cc1OCC. The molecular weight excluding hydrogens is 368 g/mol. The van der Waals surface area contributed by atoms with Crippen molar-refractivity contribution in [3.05, 3.63) is 48.0 Å². The number of amides is 1. The number of hydrogen-bond acceptors (Lipinski definition) is 5. The Morgan fingerprint density at radius 3 is 2.30 bits per heavy atom. The van der Waals surface area contributed by atoms with E-state index in [1.165, 1.54) is 26.2 Å². The molecule has 0 saturated carbocycles. The molecule has 0 bridgehead atoms. The minimum Gasteiger partial charge on any atom is -0.490 e. The summed E-state index contributed by atoms with van der Waals surface area (Å²) in [7, 11) is -0.672. The molecule has 0 spiro atoms. The highest BCUT2D eigenvalue weighted by Crippen LogP contribution is 2.29. The van der Waals surface area contributed by atoms with Gasteiger partial charge in [0.05, 0.1) is 18.1 Å². The number of anilines is 1. The van der Waals surface area contributed by atoms with E-state index in [4.69, 9.17) is 9.47 Å². The summed E-state index contributed by atoms with van der Waals surface area (Å²) < 4.78 is 36.6. The number of ether oxygens (including phenoxy) is 2. The molecule has 0 heterocycles. The number of nitrogens with one attached hydrogen (secondary N) is 1. The molecule has 0 unspecified atom stereocenters. The van der Waals surface area contributed by atoms with Gasteiger partial charge in [-0.05, 0) is 50.2 Å². The predicted molar refractivity (Wildman–Crippen MR) is 104 cm³/mol. The second-order valence-electron chi connectivity index (χ2n) is 5.80. The normalized spacial score (nSPS) is 11.3. The summed E-state index contributed by atoms with van der Waals surface area (Å²) in [6.45, 7) is 4.64. The van der Waals surface area contributed by atoms with Gasteiger partial charge >= 0.3 is 0 Å². The van der Waals surface area contributed by atoms with Gasteiger partial charge < -0.3 is 14.8 Å². The average molecular weight is 392 g/mol. The van der Waals surface area contributed by atoms with E-state index in [9.17, 15) is 13.2 Å². The average Bonchev–Trinajstić information content (AvgIpc) is 2.63. The molecule has 0 aliphatic carbocycles. The van der Waals surface area contributed by atoms with Gasteiger partial charge in [-0.3, -0.25) is 4.79 Å². The first-order chi connectivity index (χ1) is 12.8. The molecule has 0 aliphatic heterocycles. The highest BCUT2D eigenvalue weighted by molar-refractivity contribution is 7.89. The minimum atomic E-state index is -3.58. The van der Waals surface area contributed by atoms with Crippen LogP contribution < -0.4 is 14.8 Å². The third-order valence-electron chi connectivity index (χ3n) is 3.68. The lowest BCUT2D eigenvalue weighted by Gasteiger charge is -2.14. The lowest BCUT2D eigenvalue weighted by atomic mass is 10.2. The molecule has 27 heavy (non-hydrogen) atoms. The van der Waals surface area contributed by atoms with Crippen LogP contribution in [-0.2, 0) is 10.0 Å². The van der Waals surface area contributed by atoms with E-state index < -0.39 is 10.0 Å². The summed E-state index contributed by atoms with van der Waals surface area (Å²) in [5, 5.41) is 2.71. The van der Waals surface area contributed by atoms with Crippen molar-refractivity contribution in [1.82, 2.24) is 4.31 Å². The highest BCUT2D eigenvalue weighted by Gasteiger charge is 2.18. The van der Waals surface area contributed by atoms with Crippen LogP contribution in [0.1, 0.15) is 24.2 Å². The lowest BCUT2D eigenvalue weighted by molar-refractivity contribution is 0.102. The standard InChI is InChI=1S/C19H24N2O5S/c1-5-25-17-11-10-14(12-18(17)26-6-2)19(22)20-15-8-7-9-16(13-15)27(23,24)21(3)4/h7-13H,5-6H2,1-4H3,(H,20,22). The van der Waals surface area contributed by atoms with Crippen LogP contribution in [0.4, 0.5) is 5.69 Å². The number of carbonyl (C=O) groups excluding carboxylic acids is 1. The zero-order chi connectivity index (χ0) is 20.0. The molecular formula is C19H24N2O5S. The van der Waals surface area contributed by atoms with Crippen molar-refractivity contribution in [3.8, 4) is 11.5 Å². The third kappa shape index (κ3) is 4.99. The monoisotopic (exact) mass is 392 g/mol. The Bertz CT molecular complexity index is 910. The van der Waals surface area contributed by atoms with Crippen LogP contribution in [0.5, 0.6) is 11.5 Å². The van der Waals surface area contributed by atoms with Crippen molar-refractivity contribution in [3.63, 3.8) is 0 Å². The van der Waals surface area contributed by atoms with Gasteiger partial charge in [-0.1, -0.05) is 6.07 Å². The molecule has 1 amide bonds. The Hall–Kier alpha value is -2.58. The second-order valence-corrected chi connectivity index (χ2v) is 7.95. The first-order valence-electron chi connectivity index (χ1n) is 8.53. The summed E-state index contributed by atoms with van der Waals surface area (Å²) >= 11 is 0. The van der Waals surface area contributed by atoms with Gasteiger partial charge in [0.2, 0.25) is 10.0 Å². The summed E-state index contributed by atoms with van der Waals surface area (Å²) in [5.74, 6) is 0.671. The number of sulfonamides is 1. The highest BCUT2D eigenvalue weighted by atomic mass is 32.2. The summed E-state index contributed by atoms with van der Waals surface area (Å²) in [4.78, 5) is 12.7. The fraction of sp³-hybridized carbons (Fsp3) is 0.316. The topological polar surface area (TPSA) is 84.9 Å². The van der Waals surface area contributed by atoms with Crippen LogP contribution in [0.2, 0.25) is 0 Å². The maximum Gasteiger partial charge on any atom is 0.255 e. The molecule has 2 aromatic rings. The van der Waals surface area contributed by atoms with Crippen molar-refractivity contribution >= 4 is 21.6 Å². The largest absolute Gasteiger partial charge is 0.490 e. The van der Waals surface area contributed by atoms with Gasteiger partial charge in [-0.25, -0.2) is 12.7 Å². The molecule has 8 heteroatoms. The van der Waals surface area contributed by atoms with Gasteiger partial charge in [0.1, 0.15) is 0 Å². The Morgan fingerprint density at radius 2 is 1.67 bits per heavy atom. The molecule has 0 saturated heterocycles. The number of benzene rings is 2. The molecule has 146 valence electrons. The Labute approximate surface area is 160 Å². The van der Waals surface area contributed by atoms with E-state index in [2.05, 4.69) is 5.32 Å². The molecule has 0 aromatic heterocycles. The first kappa shape index (κ1) is 20.7. The number of carbonyl (C=O) groups is 1. The van der Waals surface area contributed by atoms with Crippen LogP contribution in [0.15, 0.2) is 47.4 Å². The zero-order valence-corrected chi connectivity index (χ0v) is 16.7. The van der Waals surface area contributed by atoms with Crippen molar-refractivity contribution in [1.29, 1.82) is 0 Å². The molecule has 2 rings (SSSR count). The molecule has 0 atom stereocenters. The number of hydrogen-bond donors (Lipinski definition) is 1. The van der Waals surface area contributed by atoms with Gasteiger partial charge in [0, 0.05) is 25.3 Å². The Kier molecular flexibility index (Phi) is 6.81. The molecule has 2 aromatic carbocycles. The van der Waals surface area contributed by atoms with E-state index in [1.807, 2.05) is 13.8 Å². The van der Waals surface area contributed by atoms with Crippen molar-refractivity contribution in [2.45, 2.75) is 18.7 Å². The van der Waals surface area contributed by atoms with Crippen LogP contribution in [0, 0.1) is 0 Å². The second kappa shape index (κ2) is 8.88. The summed E-state index contributed by atoms with van der Waals surface area (Å²) in [6, 6.07) is 11.0. The van der Waals surface area contributed by atoms with E-state index in [1.54, 1.807) is 30.3 Å². The van der Waals surface area contributed by atoms with Crippen LogP contribution >= 0.6 is 0 Å². The van der Waals surface area contributed by atoms with Gasteiger partial charge in [-0.2, -0.15) is 0 Å². The van der Waals surface area contributed by atoms with E-state index >= 15 is 0 Å². The Balaban J connectivity index is 2.26. The van der Waals surface area contributed by atoms with Gasteiger partial charge in [0.25, 0.3) is 5.91 Å².